The zero-order valence-electron chi connectivity index (χ0n) is 11.1. The summed E-state index contributed by atoms with van der Waals surface area (Å²) in [6.07, 6.45) is 1.73. The number of nitrogens with one attached hydrogen (secondary N) is 1. The first kappa shape index (κ1) is 13.9. The number of pyridine rings is 1. The molecule has 0 saturated heterocycles. The van der Waals surface area contributed by atoms with Gasteiger partial charge in [-0.1, -0.05) is 41.9 Å². The summed E-state index contributed by atoms with van der Waals surface area (Å²) in [5.74, 6) is 5.25. The van der Waals surface area contributed by atoms with Crippen LogP contribution in [0.2, 0.25) is 5.02 Å². The molecule has 3 rings (SSSR count). The number of hydrogen-bond acceptors (Lipinski definition) is 3. The standard InChI is InChI=1S/C16H13ClFN3/c17-13-9-11(6-7-14(13)18)16(21-19)12-5-1-3-10-4-2-8-20-15(10)12/h1-9,16,21H,19H2. The van der Waals surface area contributed by atoms with Crippen molar-refractivity contribution in [2.45, 2.75) is 6.04 Å². The third-order valence-corrected chi connectivity index (χ3v) is 3.71. The lowest BCUT2D eigenvalue weighted by Gasteiger charge is -2.18. The van der Waals surface area contributed by atoms with E-state index in [-0.39, 0.29) is 11.1 Å². The largest absolute Gasteiger partial charge is 0.271 e. The van der Waals surface area contributed by atoms with Crippen molar-refractivity contribution in [1.82, 2.24) is 10.4 Å². The zero-order chi connectivity index (χ0) is 14.8. The molecule has 0 spiro atoms. The fourth-order valence-electron chi connectivity index (χ4n) is 2.42. The summed E-state index contributed by atoms with van der Waals surface area (Å²) >= 11 is 5.86. The molecule has 1 unspecified atom stereocenters. The van der Waals surface area contributed by atoms with E-state index in [0.717, 1.165) is 22.0 Å². The molecule has 0 radical (unpaired) electrons. The highest BCUT2D eigenvalue weighted by Gasteiger charge is 2.17. The third-order valence-electron chi connectivity index (χ3n) is 3.42. The molecule has 3 N–H and O–H groups in total. The third kappa shape index (κ3) is 2.61. The fourth-order valence-corrected chi connectivity index (χ4v) is 2.61. The number of para-hydroxylation sites is 1. The van der Waals surface area contributed by atoms with Crippen molar-refractivity contribution in [1.29, 1.82) is 0 Å². The van der Waals surface area contributed by atoms with Gasteiger partial charge in [-0.25, -0.2) is 9.82 Å². The Balaban J connectivity index is 2.16. The van der Waals surface area contributed by atoms with Gasteiger partial charge in [0.1, 0.15) is 5.82 Å². The quantitative estimate of drug-likeness (QED) is 0.574. The molecule has 5 heteroatoms. The number of halogens is 2. The highest BCUT2D eigenvalue weighted by molar-refractivity contribution is 6.30. The highest BCUT2D eigenvalue weighted by atomic mass is 35.5. The van der Waals surface area contributed by atoms with E-state index >= 15 is 0 Å². The Morgan fingerprint density at radius 3 is 2.71 bits per heavy atom. The minimum atomic E-state index is -0.452. The second-order valence-electron chi connectivity index (χ2n) is 4.70. The van der Waals surface area contributed by atoms with Crippen LogP contribution in [0.1, 0.15) is 17.2 Å². The van der Waals surface area contributed by atoms with Gasteiger partial charge in [0.05, 0.1) is 16.6 Å². The number of nitrogens with two attached hydrogens (primary N) is 1. The van der Waals surface area contributed by atoms with Crippen LogP contribution < -0.4 is 11.3 Å². The topological polar surface area (TPSA) is 50.9 Å². The molecule has 106 valence electrons. The van der Waals surface area contributed by atoms with E-state index < -0.39 is 5.82 Å². The van der Waals surface area contributed by atoms with Crippen molar-refractivity contribution in [3.8, 4) is 0 Å². The van der Waals surface area contributed by atoms with Crippen LogP contribution in [0, 0.1) is 5.82 Å². The van der Waals surface area contributed by atoms with E-state index in [4.69, 9.17) is 17.4 Å². The molecule has 3 aromatic rings. The lowest BCUT2D eigenvalue weighted by Crippen LogP contribution is -2.29. The van der Waals surface area contributed by atoms with Gasteiger partial charge in [0.2, 0.25) is 0 Å². The van der Waals surface area contributed by atoms with Crippen LogP contribution in [0.25, 0.3) is 10.9 Å². The minimum Gasteiger partial charge on any atom is -0.271 e. The van der Waals surface area contributed by atoms with Crippen molar-refractivity contribution >= 4 is 22.5 Å². The van der Waals surface area contributed by atoms with E-state index in [0.29, 0.717) is 0 Å². The Bertz CT molecular complexity index is 786. The summed E-state index contributed by atoms with van der Waals surface area (Å²) in [5.41, 5.74) is 5.30. The van der Waals surface area contributed by atoms with Crippen LogP contribution in [0.3, 0.4) is 0 Å². The molecule has 0 aliphatic rings. The maximum absolute atomic E-state index is 13.3. The van der Waals surface area contributed by atoms with Gasteiger partial charge in [0, 0.05) is 17.1 Å². The van der Waals surface area contributed by atoms with Gasteiger partial charge < -0.3 is 0 Å². The molecule has 21 heavy (non-hydrogen) atoms. The van der Waals surface area contributed by atoms with Gasteiger partial charge >= 0.3 is 0 Å². The van der Waals surface area contributed by atoms with E-state index in [1.807, 2.05) is 30.3 Å². The number of aromatic nitrogens is 1. The summed E-state index contributed by atoms with van der Waals surface area (Å²) in [4.78, 5) is 4.41. The predicted molar refractivity (Wildman–Crippen MR) is 82.3 cm³/mol. The van der Waals surface area contributed by atoms with Crippen molar-refractivity contribution in [2.75, 3.05) is 0 Å². The Hall–Kier alpha value is -2.01. The molecule has 0 aliphatic heterocycles. The fraction of sp³-hybridized carbons (Fsp3) is 0.0625. The van der Waals surface area contributed by atoms with Gasteiger partial charge in [-0.15, -0.1) is 0 Å². The molecule has 0 amide bonds. The second kappa shape index (κ2) is 5.77. The Kier molecular flexibility index (Phi) is 3.84. The maximum atomic E-state index is 13.3. The molecule has 0 saturated carbocycles. The second-order valence-corrected chi connectivity index (χ2v) is 5.10. The van der Waals surface area contributed by atoms with Crippen LogP contribution in [-0.4, -0.2) is 4.98 Å². The average molecular weight is 302 g/mol. The molecule has 1 heterocycles. The number of nitrogens with zero attached hydrogens (tertiary/aromatic N) is 1. The van der Waals surface area contributed by atoms with Gasteiger partial charge in [-0.2, -0.15) is 0 Å². The maximum Gasteiger partial charge on any atom is 0.141 e. The van der Waals surface area contributed by atoms with Crippen molar-refractivity contribution in [3.05, 3.63) is 76.7 Å². The van der Waals surface area contributed by atoms with Crippen molar-refractivity contribution < 1.29 is 4.39 Å². The minimum absolute atomic E-state index is 0.0703. The number of fused-ring (bicyclic) bond motifs is 1. The molecule has 0 fully saturated rings. The predicted octanol–water partition coefficient (Wildman–Crippen LogP) is 3.58. The highest BCUT2D eigenvalue weighted by Crippen LogP contribution is 2.29. The van der Waals surface area contributed by atoms with Gasteiger partial charge in [0.15, 0.2) is 0 Å². The molecule has 0 aliphatic carbocycles. The zero-order valence-corrected chi connectivity index (χ0v) is 11.8. The van der Waals surface area contributed by atoms with E-state index in [9.17, 15) is 4.39 Å². The first-order valence-electron chi connectivity index (χ1n) is 6.45. The molecular formula is C16H13ClFN3. The summed E-state index contributed by atoms with van der Waals surface area (Å²) in [6.45, 7) is 0. The van der Waals surface area contributed by atoms with E-state index in [1.54, 1.807) is 18.3 Å². The van der Waals surface area contributed by atoms with Crippen molar-refractivity contribution in [3.63, 3.8) is 0 Å². The van der Waals surface area contributed by atoms with Gasteiger partial charge in [-0.3, -0.25) is 10.8 Å². The molecule has 1 atom stereocenters. The molecule has 1 aromatic heterocycles. The smallest absolute Gasteiger partial charge is 0.141 e. The summed E-state index contributed by atoms with van der Waals surface area (Å²) in [6, 6.07) is 14.0. The lowest BCUT2D eigenvalue weighted by molar-refractivity contribution is 0.617. The number of benzene rings is 2. The number of rotatable bonds is 3. The van der Waals surface area contributed by atoms with E-state index in [2.05, 4.69) is 10.4 Å². The van der Waals surface area contributed by atoms with Crippen LogP contribution in [0.4, 0.5) is 4.39 Å². The van der Waals surface area contributed by atoms with Crippen LogP contribution in [0.15, 0.2) is 54.7 Å². The molecule has 0 bridgehead atoms. The lowest BCUT2D eigenvalue weighted by atomic mass is 9.97. The Labute approximate surface area is 126 Å². The summed E-state index contributed by atoms with van der Waals surface area (Å²) < 4.78 is 13.3. The average Bonchev–Trinajstić information content (AvgIpc) is 2.52. The van der Waals surface area contributed by atoms with Crippen LogP contribution in [-0.2, 0) is 0 Å². The van der Waals surface area contributed by atoms with Crippen molar-refractivity contribution in [2.24, 2.45) is 5.84 Å². The first-order chi connectivity index (χ1) is 10.2. The van der Waals surface area contributed by atoms with Gasteiger partial charge in [0.25, 0.3) is 0 Å². The first-order valence-corrected chi connectivity index (χ1v) is 6.83. The molecule has 2 aromatic carbocycles. The molecular weight excluding hydrogens is 289 g/mol. The summed E-state index contributed by atoms with van der Waals surface area (Å²) in [5, 5.41) is 1.09. The van der Waals surface area contributed by atoms with Crippen LogP contribution in [0.5, 0.6) is 0 Å². The normalized spacial score (nSPS) is 12.5. The number of hydrogen-bond donors (Lipinski definition) is 2. The molecule has 3 nitrogen and oxygen atoms in total. The van der Waals surface area contributed by atoms with Crippen LogP contribution >= 0.6 is 11.6 Å². The SMILES string of the molecule is NNC(c1ccc(F)c(Cl)c1)c1cccc2cccnc12. The van der Waals surface area contributed by atoms with Gasteiger partial charge in [-0.05, 0) is 23.8 Å². The Morgan fingerprint density at radius 2 is 1.95 bits per heavy atom. The Morgan fingerprint density at radius 1 is 1.14 bits per heavy atom. The number of hydrazine groups is 1. The monoisotopic (exact) mass is 301 g/mol. The summed E-state index contributed by atoms with van der Waals surface area (Å²) in [7, 11) is 0. The van der Waals surface area contributed by atoms with E-state index in [1.165, 1.54) is 6.07 Å².